The third kappa shape index (κ3) is 6.66. The van der Waals surface area contributed by atoms with E-state index in [1.54, 1.807) is 54.2 Å². The molecule has 3 rings (SSSR count). The summed E-state index contributed by atoms with van der Waals surface area (Å²) in [5.74, 6) is 1.35. The fraction of sp³-hybridized carbons (Fsp3) is 0.208. The first-order chi connectivity index (χ1) is 15.9. The van der Waals surface area contributed by atoms with Crippen LogP contribution in [0.5, 0.6) is 5.75 Å². The fourth-order valence-electron chi connectivity index (χ4n) is 3.10. The first kappa shape index (κ1) is 25.0. The van der Waals surface area contributed by atoms with Gasteiger partial charge in [0.1, 0.15) is 12.3 Å². The van der Waals surface area contributed by atoms with Crippen molar-refractivity contribution in [3.05, 3.63) is 89.4 Å². The molecule has 0 spiro atoms. The van der Waals surface area contributed by atoms with Crippen molar-refractivity contribution >= 4 is 45.0 Å². The Morgan fingerprint density at radius 1 is 1.00 bits per heavy atom. The highest BCUT2D eigenvalue weighted by molar-refractivity contribution is 7.98. The summed E-state index contributed by atoms with van der Waals surface area (Å²) in [4.78, 5) is 12.8. The van der Waals surface area contributed by atoms with E-state index in [0.29, 0.717) is 28.8 Å². The first-order valence-corrected chi connectivity index (χ1v) is 13.2. The van der Waals surface area contributed by atoms with Crippen molar-refractivity contribution in [3.8, 4) is 5.75 Å². The van der Waals surface area contributed by atoms with Gasteiger partial charge >= 0.3 is 0 Å². The lowest BCUT2D eigenvalue weighted by Crippen LogP contribution is -2.41. The zero-order valence-corrected chi connectivity index (χ0v) is 20.5. The number of halogens is 1. The van der Waals surface area contributed by atoms with Crippen LogP contribution in [0.25, 0.3) is 0 Å². The van der Waals surface area contributed by atoms with Gasteiger partial charge in [0.15, 0.2) is 0 Å². The molecule has 33 heavy (non-hydrogen) atoms. The number of benzene rings is 3. The van der Waals surface area contributed by atoms with Gasteiger partial charge in [0.25, 0.3) is 10.0 Å². The fourth-order valence-corrected chi connectivity index (χ4v) is 5.70. The predicted octanol–water partition coefficient (Wildman–Crippen LogP) is 4.59. The van der Waals surface area contributed by atoms with Crippen LogP contribution in [-0.4, -0.2) is 40.3 Å². The number of ether oxygens (including phenoxy) is 1. The van der Waals surface area contributed by atoms with E-state index in [-0.39, 0.29) is 11.4 Å². The van der Waals surface area contributed by atoms with Crippen LogP contribution >= 0.6 is 23.4 Å². The summed E-state index contributed by atoms with van der Waals surface area (Å²) in [6, 6.07) is 22.4. The van der Waals surface area contributed by atoms with Crippen LogP contribution in [0.1, 0.15) is 5.56 Å². The average Bonchev–Trinajstić information content (AvgIpc) is 2.84. The van der Waals surface area contributed by atoms with E-state index in [2.05, 4.69) is 5.32 Å². The monoisotopic (exact) mass is 504 g/mol. The molecule has 0 bridgehead atoms. The molecule has 0 aromatic heterocycles. The van der Waals surface area contributed by atoms with Gasteiger partial charge in [0.05, 0.1) is 17.7 Å². The Morgan fingerprint density at radius 3 is 2.39 bits per heavy atom. The van der Waals surface area contributed by atoms with Gasteiger partial charge in [0.2, 0.25) is 5.91 Å². The van der Waals surface area contributed by atoms with E-state index >= 15 is 0 Å². The molecule has 3 aromatic rings. The van der Waals surface area contributed by atoms with Crippen LogP contribution in [0.15, 0.2) is 83.8 Å². The molecular formula is C24H25ClN2O4S2. The number of hydrogen-bond acceptors (Lipinski definition) is 5. The zero-order chi connectivity index (χ0) is 23.7. The molecule has 0 atom stereocenters. The molecule has 1 amide bonds. The summed E-state index contributed by atoms with van der Waals surface area (Å²) < 4.78 is 33.2. The number of nitrogens with zero attached hydrogens (tertiary/aromatic N) is 1. The molecule has 0 radical (unpaired) electrons. The Kier molecular flexibility index (Phi) is 9.05. The third-order valence-electron chi connectivity index (χ3n) is 4.76. The second-order valence-electron chi connectivity index (χ2n) is 6.99. The highest BCUT2D eigenvalue weighted by Gasteiger charge is 2.29. The van der Waals surface area contributed by atoms with E-state index in [4.69, 9.17) is 16.3 Å². The van der Waals surface area contributed by atoms with Gasteiger partial charge in [-0.25, -0.2) is 8.42 Å². The van der Waals surface area contributed by atoms with E-state index < -0.39 is 15.9 Å². The maximum Gasteiger partial charge on any atom is 0.264 e. The standard InChI is InChI=1S/C24H25ClN2O4S2/c1-31-23-14-8-7-13-22(23)27(33(29,30)20-10-3-2-4-11-20)17-24(28)26-15-16-32-18-19-9-5-6-12-21(19)25/h2-14H,15-18H2,1H3,(H,26,28). The molecule has 0 fully saturated rings. The normalized spacial score (nSPS) is 11.1. The van der Waals surface area contributed by atoms with Crippen LogP contribution < -0.4 is 14.4 Å². The van der Waals surface area contributed by atoms with E-state index in [0.717, 1.165) is 15.6 Å². The molecule has 6 nitrogen and oxygen atoms in total. The minimum absolute atomic E-state index is 0.0963. The van der Waals surface area contributed by atoms with Gasteiger partial charge in [-0.3, -0.25) is 9.10 Å². The largest absolute Gasteiger partial charge is 0.495 e. The van der Waals surface area contributed by atoms with E-state index in [9.17, 15) is 13.2 Å². The van der Waals surface area contributed by atoms with Crippen LogP contribution in [0.2, 0.25) is 5.02 Å². The number of amides is 1. The second kappa shape index (κ2) is 12.0. The number of carbonyl (C=O) groups excluding carboxylic acids is 1. The number of para-hydroxylation sites is 2. The molecule has 0 saturated heterocycles. The van der Waals surface area contributed by atoms with Crippen molar-refractivity contribution in [2.24, 2.45) is 0 Å². The Labute approximate surface area is 204 Å². The smallest absolute Gasteiger partial charge is 0.264 e. The molecule has 0 aliphatic carbocycles. The summed E-state index contributed by atoms with van der Waals surface area (Å²) in [7, 11) is -2.52. The molecule has 0 aliphatic heterocycles. The summed E-state index contributed by atoms with van der Waals surface area (Å²) >= 11 is 7.80. The van der Waals surface area contributed by atoms with Crippen LogP contribution in [0, 0.1) is 0 Å². The third-order valence-corrected chi connectivity index (χ3v) is 7.91. The molecule has 0 heterocycles. The molecule has 174 valence electrons. The van der Waals surface area contributed by atoms with Crippen molar-refractivity contribution in [1.82, 2.24) is 5.32 Å². The predicted molar refractivity (Wildman–Crippen MR) is 135 cm³/mol. The topological polar surface area (TPSA) is 75.7 Å². The Balaban J connectivity index is 1.67. The second-order valence-corrected chi connectivity index (χ2v) is 10.4. The number of thioether (sulfide) groups is 1. The summed E-state index contributed by atoms with van der Waals surface area (Å²) in [5.41, 5.74) is 1.33. The highest BCUT2D eigenvalue weighted by atomic mass is 35.5. The minimum atomic E-state index is -3.99. The van der Waals surface area contributed by atoms with Crippen molar-refractivity contribution in [2.75, 3.05) is 30.3 Å². The molecule has 0 unspecified atom stereocenters. The molecule has 0 aliphatic rings. The summed E-state index contributed by atoms with van der Waals surface area (Å²) in [5, 5.41) is 3.52. The van der Waals surface area contributed by atoms with Crippen molar-refractivity contribution in [2.45, 2.75) is 10.6 Å². The van der Waals surface area contributed by atoms with Gasteiger partial charge in [0, 0.05) is 23.1 Å². The SMILES string of the molecule is COc1ccccc1N(CC(=O)NCCSCc1ccccc1Cl)S(=O)(=O)c1ccccc1. The van der Waals surface area contributed by atoms with Gasteiger partial charge in [-0.2, -0.15) is 11.8 Å². The lowest BCUT2D eigenvalue weighted by atomic mass is 10.2. The zero-order valence-electron chi connectivity index (χ0n) is 18.1. The Morgan fingerprint density at radius 2 is 1.67 bits per heavy atom. The first-order valence-electron chi connectivity index (χ1n) is 10.2. The van der Waals surface area contributed by atoms with Crippen molar-refractivity contribution < 1.29 is 17.9 Å². The number of carbonyl (C=O) groups is 1. The highest BCUT2D eigenvalue weighted by Crippen LogP contribution is 2.32. The average molecular weight is 505 g/mol. The summed E-state index contributed by atoms with van der Waals surface area (Å²) in [6.07, 6.45) is 0. The Hall–Kier alpha value is -2.68. The molecule has 1 N–H and O–H groups in total. The van der Waals surface area contributed by atoms with Crippen LogP contribution in [-0.2, 0) is 20.6 Å². The minimum Gasteiger partial charge on any atom is -0.495 e. The van der Waals surface area contributed by atoms with Crippen molar-refractivity contribution in [3.63, 3.8) is 0 Å². The van der Waals surface area contributed by atoms with Gasteiger partial charge in [-0.05, 0) is 35.9 Å². The number of nitrogens with one attached hydrogen (secondary N) is 1. The van der Waals surface area contributed by atoms with E-state index in [1.807, 2.05) is 24.3 Å². The molecule has 9 heteroatoms. The van der Waals surface area contributed by atoms with Crippen LogP contribution in [0.4, 0.5) is 5.69 Å². The molecular weight excluding hydrogens is 480 g/mol. The number of anilines is 1. The van der Waals surface area contributed by atoms with Gasteiger partial charge in [-0.15, -0.1) is 0 Å². The number of methoxy groups -OCH3 is 1. The van der Waals surface area contributed by atoms with E-state index in [1.165, 1.54) is 19.2 Å². The maximum absolute atomic E-state index is 13.4. The lowest BCUT2D eigenvalue weighted by Gasteiger charge is -2.25. The molecule has 3 aromatic carbocycles. The number of hydrogen-bond donors (Lipinski definition) is 1. The quantitative estimate of drug-likeness (QED) is 0.386. The molecule has 0 saturated carbocycles. The number of sulfonamides is 1. The van der Waals surface area contributed by atoms with Crippen LogP contribution in [0.3, 0.4) is 0 Å². The van der Waals surface area contributed by atoms with Crippen molar-refractivity contribution in [1.29, 1.82) is 0 Å². The summed E-state index contributed by atoms with van der Waals surface area (Å²) in [6.45, 7) is 0.0336. The van der Waals surface area contributed by atoms with Gasteiger partial charge in [-0.1, -0.05) is 60.1 Å². The lowest BCUT2D eigenvalue weighted by molar-refractivity contribution is -0.119. The number of rotatable bonds is 11. The maximum atomic E-state index is 13.4. The Bertz CT molecular complexity index is 1170. The van der Waals surface area contributed by atoms with Gasteiger partial charge < -0.3 is 10.1 Å².